The van der Waals surface area contributed by atoms with Gasteiger partial charge in [-0.2, -0.15) is 0 Å². The third kappa shape index (κ3) is 5.24. The number of anilines is 1. The highest BCUT2D eigenvalue weighted by Gasteiger charge is 2.28. The molecule has 6 nitrogen and oxygen atoms in total. The van der Waals surface area contributed by atoms with Crippen LogP contribution in [-0.4, -0.2) is 26.6 Å². The van der Waals surface area contributed by atoms with Gasteiger partial charge in [0.1, 0.15) is 12.4 Å². The van der Waals surface area contributed by atoms with Gasteiger partial charge < -0.3 is 10.1 Å². The quantitative estimate of drug-likeness (QED) is 0.612. The number of nitrogens with one attached hydrogen (secondary N) is 1. The van der Waals surface area contributed by atoms with Crippen LogP contribution in [0.25, 0.3) is 0 Å². The van der Waals surface area contributed by atoms with E-state index in [2.05, 4.69) is 5.32 Å². The highest BCUT2D eigenvalue weighted by molar-refractivity contribution is 7.93. The molecule has 0 radical (unpaired) electrons. The average molecular weight is 437 g/mol. The van der Waals surface area contributed by atoms with Gasteiger partial charge in [-0.15, -0.1) is 0 Å². The predicted molar refractivity (Wildman–Crippen MR) is 121 cm³/mol. The number of nitrogens with zero attached hydrogens (tertiary/aromatic N) is 1. The van der Waals surface area contributed by atoms with Crippen LogP contribution in [0.1, 0.15) is 27.9 Å². The Kier molecular flexibility index (Phi) is 6.23. The third-order valence-corrected chi connectivity index (χ3v) is 7.01. The zero-order valence-electron chi connectivity index (χ0n) is 17.0. The lowest BCUT2D eigenvalue weighted by Crippen LogP contribution is -2.25. The Bertz CT molecular complexity index is 1130. The van der Waals surface area contributed by atoms with Gasteiger partial charge in [0.15, 0.2) is 0 Å². The number of hydrogen-bond acceptors (Lipinski definition) is 4. The lowest BCUT2D eigenvalue weighted by Gasteiger charge is -2.17. The van der Waals surface area contributed by atoms with Crippen molar-refractivity contribution < 1.29 is 17.9 Å². The van der Waals surface area contributed by atoms with Gasteiger partial charge in [0.2, 0.25) is 10.0 Å². The van der Waals surface area contributed by atoms with Gasteiger partial charge in [0, 0.05) is 18.7 Å². The van der Waals surface area contributed by atoms with Crippen LogP contribution in [0, 0.1) is 0 Å². The molecule has 1 aliphatic rings. The van der Waals surface area contributed by atoms with Gasteiger partial charge in [0.05, 0.1) is 11.4 Å². The zero-order chi connectivity index (χ0) is 21.7. The van der Waals surface area contributed by atoms with E-state index in [0.29, 0.717) is 37.4 Å². The average Bonchev–Trinajstić information content (AvgIpc) is 3.16. The molecule has 0 bridgehead atoms. The number of hydrogen-bond donors (Lipinski definition) is 1. The van der Waals surface area contributed by atoms with Gasteiger partial charge in [0.25, 0.3) is 5.91 Å². The number of rotatable bonds is 7. The largest absolute Gasteiger partial charge is 0.489 e. The van der Waals surface area contributed by atoms with E-state index >= 15 is 0 Å². The van der Waals surface area contributed by atoms with Crippen molar-refractivity contribution in [3.05, 3.63) is 95.6 Å². The van der Waals surface area contributed by atoms with Crippen LogP contribution in [-0.2, 0) is 23.2 Å². The third-order valence-electron chi connectivity index (χ3n) is 5.14. The summed E-state index contributed by atoms with van der Waals surface area (Å²) in [5, 5.41) is 2.90. The second-order valence-electron chi connectivity index (χ2n) is 7.39. The molecule has 1 saturated heterocycles. The van der Waals surface area contributed by atoms with Gasteiger partial charge in [-0.05, 0) is 53.9 Å². The number of carbonyl (C=O) groups is 1. The van der Waals surface area contributed by atoms with E-state index in [1.54, 1.807) is 24.3 Å². The summed E-state index contributed by atoms with van der Waals surface area (Å²) in [6, 6.07) is 24.2. The lowest BCUT2D eigenvalue weighted by molar-refractivity contribution is 0.0951. The molecule has 3 aromatic carbocycles. The fraction of sp³-hybridized carbons (Fsp3) is 0.208. The van der Waals surface area contributed by atoms with E-state index in [4.69, 9.17) is 4.74 Å². The van der Waals surface area contributed by atoms with E-state index in [-0.39, 0.29) is 11.7 Å². The van der Waals surface area contributed by atoms with Crippen LogP contribution in [0.2, 0.25) is 0 Å². The van der Waals surface area contributed by atoms with Crippen LogP contribution in [0.3, 0.4) is 0 Å². The molecule has 1 amide bonds. The Hall–Kier alpha value is -3.32. The molecule has 1 aliphatic heterocycles. The van der Waals surface area contributed by atoms with E-state index < -0.39 is 10.0 Å². The first-order valence-electron chi connectivity index (χ1n) is 10.2. The van der Waals surface area contributed by atoms with Gasteiger partial charge >= 0.3 is 0 Å². The smallest absolute Gasteiger partial charge is 0.251 e. The topological polar surface area (TPSA) is 75.7 Å². The van der Waals surface area contributed by atoms with Crippen molar-refractivity contribution >= 4 is 21.6 Å². The minimum Gasteiger partial charge on any atom is -0.489 e. The summed E-state index contributed by atoms with van der Waals surface area (Å²) < 4.78 is 31.2. The fourth-order valence-corrected chi connectivity index (χ4v) is 4.99. The van der Waals surface area contributed by atoms with Crippen molar-refractivity contribution in [2.45, 2.75) is 19.6 Å². The lowest BCUT2D eigenvalue weighted by atomic mass is 10.1. The molecule has 0 saturated carbocycles. The minimum atomic E-state index is -3.22. The summed E-state index contributed by atoms with van der Waals surface area (Å²) in [6.07, 6.45) is 0.627. The molecule has 0 aromatic heterocycles. The Morgan fingerprint density at radius 2 is 1.58 bits per heavy atom. The van der Waals surface area contributed by atoms with Gasteiger partial charge in [-0.1, -0.05) is 42.5 Å². The SMILES string of the molecule is O=C(NCc1ccc(COc2ccccc2)cc1)c1ccc(N2CCCS2(=O)=O)cc1. The van der Waals surface area contributed by atoms with Crippen LogP contribution in [0.4, 0.5) is 5.69 Å². The normalized spacial score (nSPS) is 14.9. The monoisotopic (exact) mass is 436 g/mol. The first kappa shape index (κ1) is 20.9. The van der Waals surface area contributed by atoms with Crippen molar-refractivity contribution in [1.82, 2.24) is 5.32 Å². The van der Waals surface area contributed by atoms with Crippen molar-refractivity contribution in [2.75, 3.05) is 16.6 Å². The fourth-order valence-electron chi connectivity index (χ4n) is 3.43. The van der Waals surface area contributed by atoms with Crippen molar-refractivity contribution in [2.24, 2.45) is 0 Å². The predicted octanol–water partition coefficient (Wildman–Crippen LogP) is 3.74. The van der Waals surface area contributed by atoms with E-state index in [0.717, 1.165) is 16.9 Å². The number of para-hydroxylation sites is 1. The molecule has 1 N–H and O–H groups in total. The van der Waals surface area contributed by atoms with E-state index in [9.17, 15) is 13.2 Å². The maximum Gasteiger partial charge on any atom is 0.251 e. The number of benzene rings is 3. The van der Waals surface area contributed by atoms with Crippen molar-refractivity contribution in [3.8, 4) is 5.75 Å². The van der Waals surface area contributed by atoms with Crippen LogP contribution < -0.4 is 14.4 Å². The molecule has 4 rings (SSSR count). The molecule has 0 atom stereocenters. The number of ether oxygens (including phenoxy) is 1. The van der Waals surface area contributed by atoms with Crippen LogP contribution in [0.15, 0.2) is 78.9 Å². The Morgan fingerprint density at radius 3 is 2.23 bits per heavy atom. The summed E-state index contributed by atoms with van der Waals surface area (Å²) in [6.45, 7) is 1.37. The molecule has 0 aliphatic carbocycles. The first-order chi connectivity index (χ1) is 15.0. The summed E-state index contributed by atoms with van der Waals surface area (Å²) >= 11 is 0. The van der Waals surface area contributed by atoms with E-state index in [1.165, 1.54) is 4.31 Å². The van der Waals surface area contributed by atoms with Crippen LogP contribution in [0.5, 0.6) is 5.75 Å². The maximum atomic E-state index is 12.4. The molecule has 7 heteroatoms. The number of sulfonamides is 1. The minimum absolute atomic E-state index is 0.173. The Balaban J connectivity index is 1.29. The standard InChI is InChI=1S/C24H24N2O4S/c27-24(21-11-13-22(14-12-21)26-15-4-16-31(26,28)29)25-17-19-7-9-20(10-8-19)18-30-23-5-2-1-3-6-23/h1-3,5-14H,4,15-18H2,(H,25,27). The second-order valence-corrected chi connectivity index (χ2v) is 9.40. The molecule has 1 heterocycles. The molecule has 3 aromatic rings. The molecular weight excluding hydrogens is 412 g/mol. The summed E-state index contributed by atoms with van der Waals surface area (Å²) in [5.41, 5.74) is 3.12. The Labute approximate surface area is 182 Å². The van der Waals surface area contributed by atoms with Gasteiger partial charge in [-0.25, -0.2) is 8.42 Å². The number of amides is 1. The number of carbonyl (C=O) groups excluding carboxylic acids is 1. The van der Waals surface area contributed by atoms with E-state index in [1.807, 2.05) is 54.6 Å². The highest BCUT2D eigenvalue weighted by Crippen LogP contribution is 2.24. The van der Waals surface area contributed by atoms with Crippen LogP contribution >= 0.6 is 0 Å². The molecule has 0 unspecified atom stereocenters. The summed E-state index contributed by atoms with van der Waals surface area (Å²) in [4.78, 5) is 12.4. The highest BCUT2D eigenvalue weighted by atomic mass is 32.2. The second kappa shape index (κ2) is 9.22. The summed E-state index contributed by atoms with van der Waals surface area (Å²) in [5.74, 6) is 0.798. The first-order valence-corrected chi connectivity index (χ1v) is 11.8. The maximum absolute atomic E-state index is 12.4. The van der Waals surface area contributed by atoms with Crippen molar-refractivity contribution in [3.63, 3.8) is 0 Å². The molecule has 160 valence electrons. The molecule has 1 fully saturated rings. The molecular formula is C24H24N2O4S. The van der Waals surface area contributed by atoms with Crippen molar-refractivity contribution in [1.29, 1.82) is 0 Å². The van der Waals surface area contributed by atoms with Gasteiger partial charge in [-0.3, -0.25) is 9.10 Å². The Morgan fingerprint density at radius 1 is 0.903 bits per heavy atom. The molecule has 31 heavy (non-hydrogen) atoms. The summed E-state index contributed by atoms with van der Waals surface area (Å²) in [7, 11) is -3.22. The molecule has 0 spiro atoms. The zero-order valence-corrected chi connectivity index (χ0v) is 17.8.